The first kappa shape index (κ1) is 18.4. The first-order valence-corrected chi connectivity index (χ1v) is 8.39. The van der Waals surface area contributed by atoms with Gasteiger partial charge in [-0.1, -0.05) is 28.1 Å². The summed E-state index contributed by atoms with van der Waals surface area (Å²) in [6.45, 7) is 1.38. The fourth-order valence-corrected chi connectivity index (χ4v) is 3.20. The van der Waals surface area contributed by atoms with Gasteiger partial charge in [0.05, 0.1) is 16.8 Å². The van der Waals surface area contributed by atoms with Gasteiger partial charge in [0.25, 0.3) is 5.91 Å². The topological polar surface area (TPSA) is 55.4 Å². The van der Waals surface area contributed by atoms with Crippen molar-refractivity contribution < 1.29 is 27.5 Å². The maximum Gasteiger partial charge on any atom is 0.418 e. The summed E-state index contributed by atoms with van der Waals surface area (Å²) in [6.07, 6.45) is -4.57. The number of alkyl halides is 3. The number of rotatable bonds is 2. The summed E-state index contributed by atoms with van der Waals surface area (Å²) in [5.41, 5.74) is -2.07. The SMILES string of the molecule is CC1(C(=O)Nc2ccccc2C(F)(F)F)Cc2cc(Br)ccc2C(=O)O1. The number of cyclic esters (lactones) is 1. The number of esters is 1. The number of carbonyl (C=O) groups is 2. The summed E-state index contributed by atoms with van der Waals surface area (Å²) in [6, 6.07) is 9.56. The molecule has 26 heavy (non-hydrogen) atoms. The number of ether oxygens (including phenoxy) is 1. The van der Waals surface area contributed by atoms with Crippen molar-refractivity contribution in [2.24, 2.45) is 0 Å². The van der Waals surface area contributed by atoms with Crippen LogP contribution in [0.3, 0.4) is 0 Å². The number of halogens is 4. The fraction of sp³-hybridized carbons (Fsp3) is 0.222. The zero-order valence-corrected chi connectivity index (χ0v) is 15.1. The van der Waals surface area contributed by atoms with Gasteiger partial charge >= 0.3 is 12.1 Å². The molecule has 0 fully saturated rings. The maximum atomic E-state index is 13.1. The molecule has 0 aliphatic carbocycles. The molecule has 0 aromatic heterocycles. The van der Waals surface area contributed by atoms with Gasteiger partial charge in [0, 0.05) is 10.9 Å². The van der Waals surface area contributed by atoms with E-state index in [1.165, 1.54) is 19.1 Å². The fourth-order valence-electron chi connectivity index (χ4n) is 2.79. The highest BCUT2D eigenvalue weighted by Crippen LogP contribution is 2.36. The molecule has 8 heteroatoms. The van der Waals surface area contributed by atoms with Gasteiger partial charge in [-0.3, -0.25) is 4.79 Å². The molecule has 4 nitrogen and oxygen atoms in total. The van der Waals surface area contributed by atoms with Gasteiger partial charge in [0.1, 0.15) is 0 Å². The Morgan fingerprint density at radius 3 is 2.62 bits per heavy atom. The second kappa shape index (κ2) is 6.42. The van der Waals surface area contributed by atoms with Gasteiger partial charge < -0.3 is 10.1 Å². The van der Waals surface area contributed by atoms with Crippen molar-refractivity contribution in [3.63, 3.8) is 0 Å². The van der Waals surface area contributed by atoms with E-state index in [2.05, 4.69) is 21.2 Å². The number of anilines is 1. The van der Waals surface area contributed by atoms with Crippen molar-refractivity contribution in [3.8, 4) is 0 Å². The lowest BCUT2D eigenvalue weighted by atomic mass is 9.89. The number of hydrogen-bond acceptors (Lipinski definition) is 3. The van der Waals surface area contributed by atoms with Crippen molar-refractivity contribution in [2.45, 2.75) is 25.1 Å². The van der Waals surface area contributed by atoms with E-state index < -0.39 is 29.2 Å². The van der Waals surface area contributed by atoms with Gasteiger partial charge in [-0.05, 0) is 42.8 Å². The highest BCUT2D eigenvalue weighted by Gasteiger charge is 2.43. The van der Waals surface area contributed by atoms with Crippen molar-refractivity contribution in [3.05, 3.63) is 63.6 Å². The highest BCUT2D eigenvalue weighted by atomic mass is 79.9. The van der Waals surface area contributed by atoms with Gasteiger partial charge in [-0.25, -0.2) is 4.79 Å². The molecule has 1 N–H and O–H groups in total. The van der Waals surface area contributed by atoms with Crippen LogP contribution < -0.4 is 5.32 Å². The molecule has 136 valence electrons. The largest absolute Gasteiger partial charge is 0.445 e. The Labute approximate surface area is 155 Å². The van der Waals surface area contributed by atoms with E-state index in [4.69, 9.17) is 4.74 Å². The molecule has 1 heterocycles. The predicted octanol–water partition coefficient (Wildman–Crippen LogP) is 4.58. The van der Waals surface area contributed by atoms with E-state index in [1.807, 2.05) is 0 Å². The standard InChI is InChI=1S/C18H13BrF3NO3/c1-17(9-10-8-11(19)6-7-12(10)15(24)26-17)16(25)23-14-5-3-2-4-13(14)18(20,21)22/h2-8H,9H2,1H3,(H,23,25). The highest BCUT2D eigenvalue weighted by molar-refractivity contribution is 9.10. The second-order valence-corrected chi connectivity index (χ2v) is 7.01. The van der Waals surface area contributed by atoms with Crippen LogP contribution in [0.4, 0.5) is 18.9 Å². The van der Waals surface area contributed by atoms with Gasteiger partial charge in [0.2, 0.25) is 0 Å². The second-order valence-electron chi connectivity index (χ2n) is 6.10. The Balaban J connectivity index is 1.91. The van der Waals surface area contributed by atoms with Crippen molar-refractivity contribution in [1.29, 1.82) is 0 Å². The van der Waals surface area contributed by atoms with Crippen LogP contribution >= 0.6 is 15.9 Å². The molecular weight excluding hydrogens is 415 g/mol. The van der Waals surface area contributed by atoms with Gasteiger partial charge in [-0.15, -0.1) is 0 Å². The Bertz CT molecular complexity index is 897. The van der Waals surface area contributed by atoms with Crippen molar-refractivity contribution >= 4 is 33.5 Å². The summed E-state index contributed by atoms with van der Waals surface area (Å²) < 4.78 is 45.3. The monoisotopic (exact) mass is 427 g/mol. The number of benzene rings is 2. The number of nitrogens with one attached hydrogen (secondary N) is 1. The van der Waals surface area contributed by atoms with Crippen LogP contribution in [0.25, 0.3) is 0 Å². The number of amides is 1. The smallest absolute Gasteiger partial charge is 0.418 e. The quantitative estimate of drug-likeness (QED) is 0.713. The van der Waals surface area contributed by atoms with Crippen LogP contribution in [-0.4, -0.2) is 17.5 Å². The minimum Gasteiger partial charge on any atom is -0.445 e. The minimum atomic E-state index is -4.62. The molecule has 1 amide bonds. The molecule has 0 radical (unpaired) electrons. The average Bonchev–Trinajstić information content (AvgIpc) is 2.53. The zero-order valence-electron chi connectivity index (χ0n) is 13.5. The predicted molar refractivity (Wildman–Crippen MR) is 91.7 cm³/mol. The van der Waals surface area contributed by atoms with Crippen LogP contribution in [0, 0.1) is 0 Å². The maximum absolute atomic E-state index is 13.1. The molecule has 2 aromatic carbocycles. The van der Waals surface area contributed by atoms with E-state index in [0.29, 0.717) is 11.1 Å². The van der Waals surface area contributed by atoms with E-state index in [9.17, 15) is 22.8 Å². The normalized spacial score (nSPS) is 19.5. The third kappa shape index (κ3) is 3.46. The number of carbonyl (C=O) groups excluding carboxylic acids is 2. The summed E-state index contributed by atoms with van der Waals surface area (Å²) in [4.78, 5) is 24.8. The van der Waals surface area contributed by atoms with Gasteiger partial charge in [0.15, 0.2) is 5.60 Å². The molecule has 2 aromatic rings. The van der Waals surface area contributed by atoms with Crippen molar-refractivity contribution in [1.82, 2.24) is 0 Å². The zero-order chi connectivity index (χ0) is 19.1. The van der Waals surface area contributed by atoms with Crippen LogP contribution in [0.2, 0.25) is 0 Å². The molecular formula is C18H13BrF3NO3. The van der Waals surface area contributed by atoms with Gasteiger partial charge in [-0.2, -0.15) is 13.2 Å². The lowest BCUT2D eigenvalue weighted by molar-refractivity contribution is -0.137. The Hall–Kier alpha value is -2.35. The Kier molecular flexibility index (Phi) is 4.56. The first-order chi connectivity index (χ1) is 12.1. The lowest BCUT2D eigenvalue weighted by Gasteiger charge is -2.33. The Morgan fingerprint density at radius 2 is 1.92 bits per heavy atom. The average molecular weight is 428 g/mol. The lowest BCUT2D eigenvalue weighted by Crippen LogP contribution is -2.49. The molecule has 1 unspecified atom stereocenters. The number of hydrogen-bond donors (Lipinski definition) is 1. The third-order valence-electron chi connectivity index (χ3n) is 4.09. The molecule has 1 aliphatic rings. The summed E-state index contributed by atoms with van der Waals surface area (Å²) in [5.74, 6) is -1.52. The van der Waals surface area contributed by atoms with E-state index in [-0.39, 0.29) is 12.1 Å². The molecule has 3 rings (SSSR count). The molecule has 0 saturated carbocycles. The summed E-state index contributed by atoms with van der Waals surface area (Å²) in [7, 11) is 0. The van der Waals surface area contributed by atoms with Crippen LogP contribution in [0.15, 0.2) is 46.9 Å². The van der Waals surface area contributed by atoms with Crippen LogP contribution in [0.1, 0.15) is 28.4 Å². The molecule has 0 bridgehead atoms. The van der Waals surface area contributed by atoms with E-state index in [1.54, 1.807) is 18.2 Å². The molecule has 1 atom stereocenters. The molecule has 0 saturated heterocycles. The molecule has 0 spiro atoms. The van der Waals surface area contributed by atoms with E-state index in [0.717, 1.165) is 16.6 Å². The first-order valence-electron chi connectivity index (χ1n) is 7.59. The van der Waals surface area contributed by atoms with Crippen molar-refractivity contribution in [2.75, 3.05) is 5.32 Å². The summed E-state index contributed by atoms with van der Waals surface area (Å²) >= 11 is 3.29. The Morgan fingerprint density at radius 1 is 1.23 bits per heavy atom. The number of para-hydroxylation sites is 1. The molecule has 1 aliphatic heterocycles. The third-order valence-corrected chi connectivity index (χ3v) is 4.59. The van der Waals surface area contributed by atoms with Crippen LogP contribution in [-0.2, 0) is 22.1 Å². The number of fused-ring (bicyclic) bond motifs is 1. The minimum absolute atomic E-state index is 0.0491. The summed E-state index contributed by atoms with van der Waals surface area (Å²) in [5, 5.41) is 2.25. The van der Waals surface area contributed by atoms with E-state index >= 15 is 0 Å². The van der Waals surface area contributed by atoms with Crippen LogP contribution in [0.5, 0.6) is 0 Å².